The fourth-order valence-corrected chi connectivity index (χ4v) is 3.86. The van der Waals surface area contributed by atoms with E-state index in [2.05, 4.69) is 22.2 Å². The molecule has 134 valence electrons. The number of hydrogen-bond donors (Lipinski definition) is 0. The highest BCUT2D eigenvalue weighted by Gasteiger charge is 2.13. The van der Waals surface area contributed by atoms with Crippen LogP contribution < -0.4 is 0 Å². The van der Waals surface area contributed by atoms with Gasteiger partial charge in [-0.1, -0.05) is 42.5 Å². The van der Waals surface area contributed by atoms with E-state index in [0.29, 0.717) is 23.5 Å². The summed E-state index contributed by atoms with van der Waals surface area (Å²) in [5.41, 5.74) is 3.97. The maximum absolute atomic E-state index is 9.75. The summed E-state index contributed by atoms with van der Waals surface area (Å²) < 4.78 is 2.80. The predicted octanol–water partition coefficient (Wildman–Crippen LogP) is 5.14. The molecule has 2 aromatic carbocycles. The highest BCUT2D eigenvalue weighted by molar-refractivity contribution is 7.19. The molecule has 4 rings (SSSR count). The largest absolute Gasteiger partial charge is 0.270 e. The summed E-state index contributed by atoms with van der Waals surface area (Å²) in [5, 5.41) is 23.9. The minimum absolute atomic E-state index is 0.377. The molecule has 0 aliphatic rings. The molecule has 0 saturated heterocycles. The number of para-hydroxylation sites is 1. The van der Waals surface area contributed by atoms with Gasteiger partial charge in [-0.05, 0) is 18.2 Å². The van der Waals surface area contributed by atoms with Gasteiger partial charge in [0.1, 0.15) is 11.1 Å². The Bertz CT molecular complexity index is 1200. The van der Waals surface area contributed by atoms with Gasteiger partial charge in [0.25, 0.3) is 0 Å². The molecule has 0 unspecified atom stereocenters. The molecule has 6 heteroatoms. The van der Waals surface area contributed by atoms with Gasteiger partial charge in [0.15, 0.2) is 0 Å². The second-order valence-electron chi connectivity index (χ2n) is 6.13. The highest BCUT2D eigenvalue weighted by atomic mass is 32.1. The molecule has 0 bridgehead atoms. The average molecular weight is 381 g/mol. The van der Waals surface area contributed by atoms with Crippen molar-refractivity contribution in [2.45, 2.75) is 13.0 Å². The van der Waals surface area contributed by atoms with E-state index in [-0.39, 0.29) is 0 Å². The number of fused-ring (bicyclic) bond motifs is 1. The number of nitrogens with zero attached hydrogens (tertiary/aromatic N) is 5. The third-order valence-corrected chi connectivity index (χ3v) is 5.30. The molecular weight excluding hydrogens is 366 g/mol. The fourth-order valence-electron chi connectivity index (χ4n) is 2.93. The van der Waals surface area contributed by atoms with Crippen LogP contribution in [0, 0.1) is 22.7 Å². The maximum atomic E-state index is 9.75. The standard InChI is InChI=1S/C22H15N5S/c23-11-6-12-27-15-18(21(26-27)16-7-2-1-3-8-16)13-17(14-24)22-25-19-9-4-5-10-20(19)28-22/h1-5,7-10,13,15H,6,12H2/b17-13+. The first-order valence-electron chi connectivity index (χ1n) is 8.76. The summed E-state index contributed by atoms with van der Waals surface area (Å²) in [6.45, 7) is 0.507. The van der Waals surface area contributed by atoms with Gasteiger partial charge in [-0.15, -0.1) is 11.3 Å². The van der Waals surface area contributed by atoms with Crippen LogP contribution in [-0.4, -0.2) is 14.8 Å². The van der Waals surface area contributed by atoms with Gasteiger partial charge in [0.2, 0.25) is 0 Å². The SMILES string of the molecule is N#CCCn1cc(/C=C(\C#N)c2nc3ccccc3s2)c(-c2ccccc2)n1. The topological polar surface area (TPSA) is 78.3 Å². The molecule has 2 heterocycles. The van der Waals surface area contributed by atoms with E-state index in [0.717, 1.165) is 27.0 Å². The lowest BCUT2D eigenvalue weighted by Gasteiger charge is -1.99. The molecule has 0 saturated carbocycles. The second-order valence-corrected chi connectivity index (χ2v) is 7.16. The first-order valence-corrected chi connectivity index (χ1v) is 9.57. The van der Waals surface area contributed by atoms with E-state index in [1.165, 1.54) is 11.3 Å². The molecule has 0 spiro atoms. The molecule has 0 aliphatic carbocycles. The van der Waals surface area contributed by atoms with Crippen molar-refractivity contribution in [1.29, 1.82) is 10.5 Å². The van der Waals surface area contributed by atoms with Crippen LogP contribution in [0.3, 0.4) is 0 Å². The van der Waals surface area contributed by atoms with Gasteiger partial charge in [0.05, 0.1) is 40.5 Å². The fraction of sp³-hybridized carbons (Fsp3) is 0.0909. The minimum atomic E-state index is 0.377. The molecule has 0 atom stereocenters. The Morgan fingerprint density at radius 1 is 1.07 bits per heavy atom. The van der Waals surface area contributed by atoms with Crippen LogP contribution in [0.2, 0.25) is 0 Å². The Balaban J connectivity index is 1.81. The molecule has 0 aliphatic heterocycles. The summed E-state index contributed by atoms with van der Waals surface area (Å²) in [5.74, 6) is 0. The van der Waals surface area contributed by atoms with Gasteiger partial charge in [-0.3, -0.25) is 4.68 Å². The van der Waals surface area contributed by atoms with E-state index >= 15 is 0 Å². The van der Waals surface area contributed by atoms with Crippen LogP contribution in [0.15, 0.2) is 60.8 Å². The van der Waals surface area contributed by atoms with Gasteiger partial charge in [0, 0.05) is 17.3 Å². The zero-order chi connectivity index (χ0) is 19.3. The monoisotopic (exact) mass is 381 g/mol. The first-order chi connectivity index (χ1) is 13.8. The summed E-state index contributed by atoms with van der Waals surface area (Å²) in [7, 11) is 0. The van der Waals surface area contributed by atoms with Crippen molar-refractivity contribution in [3.8, 4) is 23.4 Å². The van der Waals surface area contributed by atoms with E-state index in [1.54, 1.807) is 4.68 Å². The van der Waals surface area contributed by atoms with Crippen molar-refractivity contribution >= 4 is 33.2 Å². The summed E-state index contributed by atoms with van der Waals surface area (Å²) in [6.07, 6.45) is 4.09. The van der Waals surface area contributed by atoms with Gasteiger partial charge < -0.3 is 0 Å². The molecule has 0 amide bonds. The average Bonchev–Trinajstić information content (AvgIpc) is 3.35. The predicted molar refractivity (Wildman–Crippen MR) is 111 cm³/mol. The molecule has 5 nitrogen and oxygen atoms in total. The Morgan fingerprint density at radius 2 is 1.86 bits per heavy atom. The van der Waals surface area contributed by atoms with Crippen molar-refractivity contribution in [3.05, 3.63) is 71.4 Å². The normalized spacial score (nSPS) is 11.3. The number of aryl methyl sites for hydroxylation is 1. The number of allylic oxidation sites excluding steroid dienone is 1. The van der Waals surface area contributed by atoms with Crippen molar-refractivity contribution in [1.82, 2.24) is 14.8 Å². The van der Waals surface area contributed by atoms with Crippen molar-refractivity contribution < 1.29 is 0 Å². The van der Waals surface area contributed by atoms with E-state index < -0.39 is 0 Å². The van der Waals surface area contributed by atoms with Gasteiger partial charge in [-0.2, -0.15) is 15.6 Å². The third kappa shape index (κ3) is 3.55. The number of rotatable bonds is 5. The molecule has 28 heavy (non-hydrogen) atoms. The Kier molecular flexibility index (Phi) is 4.97. The van der Waals surface area contributed by atoms with E-state index in [4.69, 9.17) is 5.26 Å². The molecule has 0 fully saturated rings. The lowest BCUT2D eigenvalue weighted by molar-refractivity contribution is 0.629. The smallest absolute Gasteiger partial charge is 0.135 e. The molecule has 2 aromatic heterocycles. The number of hydrogen-bond acceptors (Lipinski definition) is 5. The second kappa shape index (κ2) is 7.87. The quantitative estimate of drug-likeness (QED) is 0.449. The van der Waals surface area contributed by atoms with Crippen LogP contribution in [0.5, 0.6) is 0 Å². The number of benzene rings is 2. The lowest BCUT2D eigenvalue weighted by atomic mass is 10.1. The summed E-state index contributed by atoms with van der Waals surface area (Å²) in [6, 6.07) is 22.1. The van der Waals surface area contributed by atoms with Crippen LogP contribution in [0.4, 0.5) is 0 Å². The number of thiazole rings is 1. The van der Waals surface area contributed by atoms with Crippen LogP contribution in [-0.2, 0) is 6.54 Å². The number of aromatic nitrogens is 3. The first kappa shape index (κ1) is 17.7. The van der Waals surface area contributed by atoms with Crippen molar-refractivity contribution in [3.63, 3.8) is 0 Å². The zero-order valence-electron chi connectivity index (χ0n) is 14.9. The van der Waals surface area contributed by atoms with Crippen molar-refractivity contribution in [2.75, 3.05) is 0 Å². The van der Waals surface area contributed by atoms with Gasteiger partial charge >= 0.3 is 0 Å². The minimum Gasteiger partial charge on any atom is -0.270 e. The van der Waals surface area contributed by atoms with Crippen LogP contribution >= 0.6 is 11.3 Å². The molecular formula is C22H15N5S. The third-order valence-electron chi connectivity index (χ3n) is 4.23. The highest BCUT2D eigenvalue weighted by Crippen LogP contribution is 2.30. The zero-order valence-corrected chi connectivity index (χ0v) is 15.7. The number of nitriles is 2. The molecule has 0 radical (unpaired) electrons. The Morgan fingerprint density at radius 3 is 2.61 bits per heavy atom. The lowest BCUT2D eigenvalue weighted by Crippen LogP contribution is -1.97. The van der Waals surface area contributed by atoms with Gasteiger partial charge in [-0.25, -0.2) is 4.98 Å². The maximum Gasteiger partial charge on any atom is 0.135 e. The molecule has 0 N–H and O–H groups in total. The van der Waals surface area contributed by atoms with Crippen LogP contribution in [0.25, 0.3) is 33.1 Å². The Labute approximate surface area is 166 Å². The Hall–Kier alpha value is -3.74. The summed E-state index contributed by atoms with van der Waals surface area (Å²) >= 11 is 1.50. The van der Waals surface area contributed by atoms with E-state index in [1.807, 2.05) is 66.9 Å². The summed E-state index contributed by atoms with van der Waals surface area (Å²) in [4.78, 5) is 4.60. The van der Waals surface area contributed by atoms with Crippen LogP contribution in [0.1, 0.15) is 17.0 Å². The molecule has 4 aromatic rings. The van der Waals surface area contributed by atoms with Crippen molar-refractivity contribution in [2.24, 2.45) is 0 Å². The van der Waals surface area contributed by atoms with E-state index in [9.17, 15) is 5.26 Å².